The summed E-state index contributed by atoms with van der Waals surface area (Å²) in [6.07, 6.45) is 0. The van der Waals surface area contributed by atoms with Crippen molar-refractivity contribution in [2.45, 2.75) is 26.8 Å². The second kappa shape index (κ2) is 7.39. The van der Waals surface area contributed by atoms with Crippen LogP contribution in [0.15, 0.2) is 33.9 Å². The maximum absolute atomic E-state index is 12.9. The fourth-order valence-corrected chi connectivity index (χ4v) is 3.78. The van der Waals surface area contributed by atoms with Crippen molar-refractivity contribution in [1.29, 1.82) is 0 Å². The highest BCUT2D eigenvalue weighted by Crippen LogP contribution is 2.24. The van der Waals surface area contributed by atoms with Gasteiger partial charge in [0.2, 0.25) is 5.91 Å². The third-order valence-corrected chi connectivity index (χ3v) is 5.30. The summed E-state index contributed by atoms with van der Waals surface area (Å²) in [5.41, 5.74) is -0.609. The van der Waals surface area contributed by atoms with E-state index >= 15 is 0 Å². The summed E-state index contributed by atoms with van der Waals surface area (Å²) in [4.78, 5) is 56.1. The smallest absolute Gasteiger partial charge is 0.347 e. The first-order valence-electron chi connectivity index (χ1n) is 8.46. The molecule has 10 heteroatoms. The highest BCUT2D eigenvalue weighted by atomic mass is 32.1. The van der Waals surface area contributed by atoms with Crippen molar-refractivity contribution < 1.29 is 14.7 Å². The van der Waals surface area contributed by atoms with Crippen molar-refractivity contribution >= 4 is 39.2 Å². The van der Waals surface area contributed by atoms with Gasteiger partial charge in [-0.3, -0.25) is 9.59 Å². The van der Waals surface area contributed by atoms with Crippen LogP contribution in [0.5, 0.6) is 0 Å². The standard InChI is InChI=1S/C18H18N4O5S/c1-8(2)12(14(23)21-17-19-9(3)13(28-17)16(25)26)22-15(24)10-6-4-5-7-11(10)20-18(22)27/h4-8,12H,1-3H3,(H,20,27)(H,25,26)(H,19,21,23)/t12-/m0/s1. The zero-order valence-electron chi connectivity index (χ0n) is 15.3. The number of hydrogen-bond donors (Lipinski definition) is 3. The van der Waals surface area contributed by atoms with Crippen LogP contribution in [0.2, 0.25) is 0 Å². The number of carboxylic acid groups (broad SMARTS) is 1. The number of anilines is 1. The number of H-pyrrole nitrogens is 1. The van der Waals surface area contributed by atoms with Crippen LogP contribution in [-0.2, 0) is 4.79 Å². The number of nitrogens with zero attached hydrogens (tertiary/aromatic N) is 2. The molecule has 0 aliphatic rings. The number of rotatable bonds is 5. The highest BCUT2D eigenvalue weighted by molar-refractivity contribution is 7.17. The van der Waals surface area contributed by atoms with E-state index in [2.05, 4.69) is 15.3 Å². The minimum Gasteiger partial charge on any atom is -0.477 e. The molecule has 1 amide bonds. The number of benzene rings is 1. The highest BCUT2D eigenvalue weighted by Gasteiger charge is 2.29. The summed E-state index contributed by atoms with van der Waals surface area (Å²) in [5, 5.41) is 12.0. The lowest BCUT2D eigenvalue weighted by atomic mass is 10.0. The molecular weight excluding hydrogens is 384 g/mol. The third kappa shape index (κ3) is 3.46. The lowest BCUT2D eigenvalue weighted by Crippen LogP contribution is -2.44. The van der Waals surface area contributed by atoms with E-state index in [1.54, 1.807) is 38.1 Å². The van der Waals surface area contributed by atoms with Crippen molar-refractivity contribution in [1.82, 2.24) is 14.5 Å². The molecule has 0 unspecified atom stereocenters. The van der Waals surface area contributed by atoms with Crippen molar-refractivity contribution in [3.05, 3.63) is 55.7 Å². The molecule has 3 N–H and O–H groups in total. The first-order chi connectivity index (χ1) is 13.2. The van der Waals surface area contributed by atoms with Crippen molar-refractivity contribution in [3.8, 4) is 0 Å². The van der Waals surface area contributed by atoms with Crippen LogP contribution in [0, 0.1) is 12.8 Å². The number of amides is 1. The number of aromatic carboxylic acids is 1. The number of nitrogens with one attached hydrogen (secondary N) is 2. The Bertz CT molecular complexity index is 1190. The maximum Gasteiger partial charge on any atom is 0.347 e. The molecule has 0 saturated heterocycles. The predicted molar refractivity (Wildman–Crippen MR) is 105 cm³/mol. The van der Waals surface area contributed by atoms with Gasteiger partial charge in [-0.25, -0.2) is 19.1 Å². The number of thiazole rings is 1. The monoisotopic (exact) mass is 402 g/mol. The van der Waals surface area contributed by atoms with Crippen molar-refractivity contribution in [2.75, 3.05) is 5.32 Å². The fraction of sp³-hybridized carbons (Fsp3) is 0.278. The first-order valence-corrected chi connectivity index (χ1v) is 9.27. The van der Waals surface area contributed by atoms with Crippen LogP contribution in [0.25, 0.3) is 10.9 Å². The summed E-state index contributed by atoms with van der Waals surface area (Å²) < 4.78 is 0.890. The molecule has 2 heterocycles. The number of carbonyl (C=O) groups excluding carboxylic acids is 1. The number of carbonyl (C=O) groups is 2. The van der Waals surface area contributed by atoms with Crippen LogP contribution in [0.4, 0.5) is 5.13 Å². The summed E-state index contributed by atoms with van der Waals surface area (Å²) >= 11 is 0.815. The molecule has 1 aromatic carbocycles. The molecule has 0 radical (unpaired) electrons. The largest absolute Gasteiger partial charge is 0.477 e. The average Bonchev–Trinajstić information content (AvgIpc) is 2.98. The van der Waals surface area contributed by atoms with Crippen LogP contribution in [0.3, 0.4) is 0 Å². The molecule has 0 fully saturated rings. The Labute approximate surface area is 162 Å². The van der Waals surface area contributed by atoms with Gasteiger partial charge in [-0.2, -0.15) is 0 Å². The summed E-state index contributed by atoms with van der Waals surface area (Å²) in [6.45, 7) is 4.94. The minimum absolute atomic E-state index is 0.0112. The molecule has 0 saturated carbocycles. The summed E-state index contributed by atoms with van der Waals surface area (Å²) in [6, 6.07) is 5.45. The Balaban J connectivity index is 2.05. The predicted octanol–water partition coefficient (Wildman–Crippen LogP) is 1.99. The topological polar surface area (TPSA) is 134 Å². The molecule has 0 bridgehead atoms. The van der Waals surface area contributed by atoms with Gasteiger partial charge in [0.1, 0.15) is 10.9 Å². The average molecular weight is 402 g/mol. The second-order valence-corrected chi connectivity index (χ2v) is 7.57. The van der Waals surface area contributed by atoms with Crippen molar-refractivity contribution in [3.63, 3.8) is 0 Å². The van der Waals surface area contributed by atoms with E-state index in [9.17, 15) is 19.2 Å². The van der Waals surface area contributed by atoms with Crippen LogP contribution in [-0.4, -0.2) is 31.5 Å². The van der Waals surface area contributed by atoms with Gasteiger partial charge in [0.15, 0.2) is 5.13 Å². The number of para-hydroxylation sites is 1. The number of aryl methyl sites for hydroxylation is 1. The number of carboxylic acids is 1. The van der Waals surface area contributed by atoms with Crippen LogP contribution >= 0.6 is 11.3 Å². The molecule has 3 aromatic rings. The van der Waals surface area contributed by atoms with E-state index in [0.717, 1.165) is 15.9 Å². The lowest BCUT2D eigenvalue weighted by Gasteiger charge is -2.21. The first kappa shape index (κ1) is 19.5. The second-order valence-electron chi connectivity index (χ2n) is 6.57. The quantitative estimate of drug-likeness (QED) is 0.597. The molecular formula is C18H18N4O5S. The van der Waals surface area contributed by atoms with E-state index in [-0.39, 0.29) is 21.6 Å². The van der Waals surface area contributed by atoms with E-state index in [1.165, 1.54) is 6.92 Å². The van der Waals surface area contributed by atoms with E-state index < -0.39 is 29.2 Å². The Kier molecular flexibility index (Phi) is 5.14. The Morgan fingerprint density at radius 2 is 1.93 bits per heavy atom. The third-order valence-electron chi connectivity index (χ3n) is 4.24. The van der Waals surface area contributed by atoms with Gasteiger partial charge in [-0.15, -0.1) is 0 Å². The molecule has 0 aliphatic carbocycles. The van der Waals surface area contributed by atoms with Crippen molar-refractivity contribution in [2.24, 2.45) is 5.92 Å². The Morgan fingerprint density at radius 3 is 2.54 bits per heavy atom. The van der Waals surface area contributed by atoms with Gasteiger partial charge in [-0.1, -0.05) is 37.3 Å². The molecule has 1 atom stereocenters. The SMILES string of the molecule is Cc1nc(NC(=O)[C@H](C(C)C)n2c(=O)[nH]c3ccccc3c2=O)sc1C(=O)O. The summed E-state index contributed by atoms with van der Waals surface area (Å²) in [7, 11) is 0. The molecule has 0 spiro atoms. The van der Waals surface area contributed by atoms with Gasteiger partial charge in [0.25, 0.3) is 5.56 Å². The normalized spacial score (nSPS) is 12.3. The zero-order valence-corrected chi connectivity index (χ0v) is 16.2. The molecule has 146 valence electrons. The minimum atomic E-state index is -1.14. The van der Waals surface area contributed by atoms with E-state index in [1.807, 2.05) is 0 Å². The van der Waals surface area contributed by atoms with E-state index in [4.69, 9.17) is 5.11 Å². The van der Waals surface area contributed by atoms with Gasteiger partial charge in [0.05, 0.1) is 16.6 Å². The van der Waals surface area contributed by atoms with Crippen LogP contribution < -0.4 is 16.6 Å². The van der Waals surface area contributed by atoms with Gasteiger partial charge in [0, 0.05) is 0 Å². The van der Waals surface area contributed by atoms with E-state index in [0.29, 0.717) is 10.9 Å². The number of aromatic amines is 1. The molecule has 9 nitrogen and oxygen atoms in total. The van der Waals surface area contributed by atoms with Gasteiger partial charge < -0.3 is 15.4 Å². The number of aromatic nitrogens is 3. The summed E-state index contributed by atoms with van der Waals surface area (Å²) in [5.74, 6) is -2.15. The van der Waals surface area contributed by atoms with Crippen LogP contribution in [0.1, 0.15) is 35.3 Å². The molecule has 28 heavy (non-hydrogen) atoms. The Morgan fingerprint density at radius 1 is 1.25 bits per heavy atom. The zero-order chi connectivity index (χ0) is 20.6. The fourth-order valence-electron chi connectivity index (χ4n) is 2.97. The number of hydrogen-bond acceptors (Lipinski definition) is 6. The number of fused-ring (bicyclic) bond motifs is 1. The molecule has 0 aliphatic heterocycles. The van der Waals surface area contributed by atoms with Gasteiger partial charge >= 0.3 is 11.7 Å². The molecule has 2 aromatic heterocycles. The lowest BCUT2D eigenvalue weighted by molar-refractivity contribution is -0.120. The Hall–Kier alpha value is -3.27. The molecule has 3 rings (SSSR count). The van der Waals surface area contributed by atoms with Gasteiger partial charge in [-0.05, 0) is 25.0 Å². The maximum atomic E-state index is 12.9.